The van der Waals surface area contributed by atoms with Gasteiger partial charge >= 0.3 is 0 Å². The van der Waals surface area contributed by atoms with Crippen molar-refractivity contribution in [2.75, 3.05) is 29.4 Å². The van der Waals surface area contributed by atoms with Gasteiger partial charge in [0.15, 0.2) is 0 Å². The standard InChI is InChI=1S/C26H25FN4O3/c27-20-6-4-5-18(13-20)16-28-26(32)23-15-19-14-22(31(33)34)9-10-24(19)30-12-11-29(17-25(23)30)21-7-2-1-3-8-21/h1-10,13-14,23,25H,11-12,15-17H2,(H,28,32)/t23-,25+/m1/s1. The first-order valence-electron chi connectivity index (χ1n) is 11.4. The molecule has 3 aromatic rings. The van der Waals surface area contributed by atoms with Crippen LogP contribution in [0, 0.1) is 21.8 Å². The molecule has 1 fully saturated rings. The van der Waals surface area contributed by atoms with Gasteiger partial charge in [-0.15, -0.1) is 0 Å². The Morgan fingerprint density at radius 3 is 2.65 bits per heavy atom. The average molecular weight is 461 g/mol. The second kappa shape index (κ2) is 9.13. The molecule has 3 aromatic carbocycles. The van der Waals surface area contributed by atoms with E-state index in [-0.39, 0.29) is 30.0 Å². The van der Waals surface area contributed by atoms with Crippen molar-refractivity contribution >= 4 is 23.0 Å². The minimum absolute atomic E-state index is 0.0269. The van der Waals surface area contributed by atoms with Gasteiger partial charge in [0, 0.05) is 49.7 Å². The van der Waals surface area contributed by atoms with Crippen LogP contribution in [-0.2, 0) is 17.8 Å². The third-order valence-corrected chi connectivity index (χ3v) is 6.72. The van der Waals surface area contributed by atoms with Gasteiger partial charge in [-0.05, 0) is 47.9 Å². The number of hydrogen-bond donors (Lipinski definition) is 1. The molecule has 1 N–H and O–H groups in total. The van der Waals surface area contributed by atoms with E-state index < -0.39 is 10.8 Å². The number of carbonyl (C=O) groups excluding carboxylic acids is 1. The van der Waals surface area contributed by atoms with Crippen LogP contribution < -0.4 is 15.1 Å². The summed E-state index contributed by atoms with van der Waals surface area (Å²) in [5, 5.41) is 14.3. The molecule has 0 radical (unpaired) electrons. The Hall–Kier alpha value is -3.94. The number of non-ortho nitro benzene ring substituents is 1. The number of amides is 1. The molecule has 0 aromatic heterocycles. The summed E-state index contributed by atoms with van der Waals surface area (Å²) in [7, 11) is 0. The van der Waals surface area contributed by atoms with E-state index in [9.17, 15) is 19.3 Å². The third kappa shape index (κ3) is 4.31. The second-order valence-electron chi connectivity index (χ2n) is 8.77. The summed E-state index contributed by atoms with van der Waals surface area (Å²) in [4.78, 5) is 28.8. The predicted octanol–water partition coefficient (Wildman–Crippen LogP) is 3.92. The summed E-state index contributed by atoms with van der Waals surface area (Å²) in [6.07, 6.45) is 0.412. The van der Waals surface area contributed by atoms with Crippen molar-refractivity contribution in [3.8, 4) is 0 Å². The maximum absolute atomic E-state index is 13.6. The van der Waals surface area contributed by atoms with Crippen LogP contribution in [0.25, 0.3) is 0 Å². The first-order valence-corrected chi connectivity index (χ1v) is 11.4. The SMILES string of the molecule is O=C(NCc1cccc(F)c1)[C@@H]1Cc2cc([N+](=O)[O-])ccc2N2CCN(c3ccccc3)C[C@@H]12. The van der Waals surface area contributed by atoms with E-state index in [1.54, 1.807) is 24.3 Å². The molecule has 5 rings (SSSR count). The highest BCUT2D eigenvalue weighted by atomic mass is 19.1. The molecule has 2 aliphatic rings. The highest BCUT2D eigenvalue weighted by Crippen LogP contribution is 2.38. The summed E-state index contributed by atoms with van der Waals surface area (Å²) in [5.41, 5.74) is 3.59. The lowest BCUT2D eigenvalue weighted by Gasteiger charge is -2.49. The van der Waals surface area contributed by atoms with E-state index in [1.165, 1.54) is 18.2 Å². The molecular formula is C26H25FN4O3. The Kier molecular flexibility index (Phi) is 5.88. The Bertz CT molecular complexity index is 1220. The molecule has 1 amide bonds. The van der Waals surface area contributed by atoms with Crippen molar-refractivity contribution in [1.29, 1.82) is 0 Å². The van der Waals surface area contributed by atoms with Crippen LogP contribution in [0.4, 0.5) is 21.5 Å². The van der Waals surface area contributed by atoms with Crippen LogP contribution in [0.2, 0.25) is 0 Å². The van der Waals surface area contributed by atoms with Gasteiger partial charge in [0.1, 0.15) is 5.82 Å². The molecule has 0 unspecified atom stereocenters. The summed E-state index contributed by atoms with van der Waals surface area (Å²) in [5.74, 6) is -0.872. The Morgan fingerprint density at radius 2 is 1.88 bits per heavy atom. The summed E-state index contributed by atoms with van der Waals surface area (Å²) < 4.78 is 13.6. The van der Waals surface area contributed by atoms with Gasteiger partial charge in [-0.1, -0.05) is 30.3 Å². The Balaban J connectivity index is 1.43. The second-order valence-corrected chi connectivity index (χ2v) is 8.77. The number of rotatable bonds is 5. The van der Waals surface area contributed by atoms with Crippen LogP contribution in [0.1, 0.15) is 11.1 Å². The largest absolute Gasteiger partial charge is 0.368 e. The van der Waals surface area contributed by atoms with Gasteiger partial charge in [-0.3, -0.25) is 14.9 Å². The number of nitrogens with zero attached hydrogens (tertiary/aromatic N) is 3. The lowest BCUT2D eigenvalue weighted by Crippen LogP contribution is -2.61. The van der Waals surface area contributed by atoms with Gasteiger partial charge < -0.3 is 15.1 Å². The van der Waals surface area contributed by atoms with Crippen LogP contribution in [0.5, 0.6) is 0 Å². The van der Waals surface area contributed by atoms with E-state index >= 15 is 0 Å². The monoisotopic (exact) mass is 460 g/mol. The van der Waals surface area contributed by atoms with Crippen molar-refractivity contribution in [3.05, 3.63) is 99.9 Å². The van der Waals surface area contributed by atoms with Gasteiger partial charge in [-0.25, -0.2) is 4.39 Å². The van der Waals surface area contributed by atoms with Crippen LogP contribution in [0.15, 0.2) is 72.8 Å². The number of benzene rings is 3. The Morgan fingerprint density at radius 1 is 1.06 bits per heavy atom. The number of nitro groups is 1. The first kappa shape index (κ1) is 21.9. The van der Waals surface area contributed by atoms with E-state index in [1.807, 2.05) is 18.2 Å². The normalized spacial score (nSPS) is 19.2. The molecular weight excluding hydrogens is 435 g/mol. The molecule has 2 aliphatic heterocycles. The van der Waals surface area contributed by atoms with Crippen LogP contribution in [0.3, 0.4) is 0 Å². The summed E-state index contributed by atoms with van der Waals surface area (Å²) in [6, 6.07) is 21.1. The zero-order valence-corrected chi connectivity index (χ0v) is 18.6. The van der Waals surface area contributed by atoms with E-state index in [4.69, 9.17) is 0 Å². The molecule has 7 nitrogen and oxygen atoms in total. The molecule has 34 heavy (non-hydrogen) atoms. The number of fused-ring (bicyclic) bond motifs is 3. The van der Waals surface area contributed by atoms with Gasteiger partial charge in [0.2, 0.25) is 5.91 Å². The third-order valence-electron chi connectivity index (χ3n) is 6.72. The number of carbonyl (C=O) groups is 1. The zero-order valence-electron chi connectivity index (χ0n) is 18.6. The van der Waals surface area contributed by atoms with Crippen LogP contribution in [-0.4, -0.2) is 36.5 Å². The van der Waals surface area contributed by atoms with Crippen LogP contribution >= 0.6 is 0 Å². The molecule has 174 valence electrons. The van der Waals surface area contributed by atoms with Gasteiger partial charge in [-0.2, -0.15) is 0 Å². The van der Waals surface area contributed by atoms with E-state index in [0.29, 0.717) is 25.1 Å². The molecule has 2 atom stereocenters. The fourth-order valence-electron chi connectivity index (χ4n) is 5.06. The topological polar surface area (TPSA) is 78.7 Å². The number of anilines is 2. The maximum atomic E-state index is 13.6. The van der Waals surface area contributed by atoms with Gasteiger partial charge in [0.25, 0.3) is 5.69 Å². The number of hydrogen-bond acceptors (Lipinski definition) is 5. The number of halogens is 1. The number of para-hydroxylation sites is 1. The smallest absolute Gasteiger partial charge is 0.269 e. The molecule has 0 saturated carbocycles. The molecule has 8 heteroatoms. The van der Waals surface area contributed by atoms with Crippen molar-refractivity contribution in [3.63, 3.8) is 0 Å². The molecule has 2 heterocycles. The Labute approximate surface area is 197 Å². The fraction of sp³-hybridized carbons (Fsp3) is 0.269. The highest BCUT2D eigenvalue weighted by Gasteiger charge is 2.42. The first-order chi connectivity index (χ1) is 16.5. The minimum Gasteiger partial charge on any atom is -0.368 e. The van der Waals surface area contributed by atoms with Crippen molar-refractivity contribution < 1.29 is 14.1 Å². The predicted molar refractivity (Wildman–Crippen MR) is 128 cm³/mol. The number of piperazine rings is 1. The minimum atomic E-state index is -0.404. The maximum Gasteiger partial charge on any atom is 0.269 e. The van der Waals surface area contributed by atoms with Crippen molar-refractivity contribution in [1.82, 2.24) is 5.32 Å². The summed E-state index contributed by atoms with van der Waals surface area (Å²) >= 11 is 0. The van der Waals surface area contributed by atoms with Crippen molar-refractivity contribution in [2.45, 2.75) is 19.0 Å². The summed E-state index contributed by atoms with van der Waals surface area (Å²) in [6.45, 7) is 2.38. The lowest BCUT2D eigenvalue weighted by atomic mass is 9.83. The quantitative estimate of drug-likeness (QED) is 0.461. The molecule has 0 spiro atoms. The number of nitrogens with one attached hydrogen (secondary N) is 1. The lowest BCUT2D eigenvalue weighted by molar-refractivity contribution is -0.384. The zero-order chi connectivity index (χ0) is 23.7. The number of nitro benzene ring substituents is 1. The van der Waals surface area contributed by atoms with E-state index in [2.05, 4.69) is 27.2 Å². The average Bonchev–Trinajstić information content (AvgIpc) is 2.86. The molecule has 1 saturated heterocycles. The molecule has 0 bridgehead atoms. The highest BCUT2D eigenvalue weighted by molar-refractivity contribution is 5.82. The van der Waals surface area contributed by atoms with Crippen molar-refractivity contribution in [2.24, 2.45) is 5.92 Å². The van der Waals surface area contributed by atoms with Gasteiger partial charge in [0.05, 0.1) is 16.9 Å². The fourth-order valence-corrected chi connectivity index (χ4v) is 5.06. The van der Waals surface area contributed by atoms with E-state index in [0.717, 1.165) is 23.5 Å². The molecule has 0 aliphatic carbocycles.